The van der Waals surface area contributed by atoms with Gasteiger partial charge in [0.1, 0.15) is 5.60 Å². The summed E-state index contributed by atoms with van der Waals surface area (Å²) in [5, 5.41) is 13.2. The summed E-state index contributed by atoms with van der Waals surface area (Å²) in [5.41, 5.74) is -1.59. The van der Waals surface area contributed by atoms with E-state index in [9.17, 15) is 9.90 Å². The number of hydrogen-bond donors (Lipinski definition) is 2. The fourth-order valence-electron chi connectivity index (χ4n) is 2.00. The lowest BCUT2D eigenvalue weighted by Crippen LogP contribution is -2.48. The van der Waals surface area contributed by atoms with Crippen LogP contribution in [0.3, 0.4) is 0 Å². The Labute approximate surface area is 128 Å². The molecule has 2 rings (SSSR count). The minimum atomic E-state index is -1.74. The van der Waals surface area contributed by atoms with Crippen molar-refractivity contribution < 1.29 is 19.1 Å². The SMILES string of the molecule is CCCC(O)(NC(=O)OC(C)(C)C)c1nc2ncccc2o1. The van der Waals surface area contributed by atoms with Gasteiger partial charge in [-0.1, -0.05) is 13.3 Å². The van der Waals surface area contributed by atoms with Gasteiger partial charge in [-0.05, 0) is 32.9 Å². The summed E-state index contributed by atoms with van der Waals surface area (Å²) in [6.07, 6.45) is 1.69. The maximum Gasteiger partial charge on any atom is 0.410 e. The maximum absolute atomic E-state index is 12.0. The highest BCUT2D eigenvalue weighted by Gasteiger charge is 2.37. The fraction of sp³-hybridized carbons (Fsp3) is 0.533. The Bertz CT molecular complexity index is 629. The molecule has 2 N–H and O–H groups in total. The zero-order valence-corrected chi connectivity index (χ0v) is 13.2. The smallest absolute Gasteiger partial charge is 0.410 e. The number of nitrogens with one attached hydrogen (secondary N) is 1. The lowest BCUT2D eigenvalue weighted by molar-refractivity contribution is -0.0409. The second-order valence-corrected chi connectivity index (χ2v) is 6.08. The topological polar surface area (TPSA) is 97.5 Å². The molecular formula is C15H21N3O4. The number of fused-ring (bicyclic) bond motifs is 1. The van der Waals surface area contributed by atoms with Crippen LogP contribution in [0.2, 0.25) is 0 Å². The molecule has 120 valence electrons. The molecule has 2 aromatic rings. The highest BCUT2D eigenvalue weighted by molar-refractivity contribution is 5.70. The van der Waals surface area contributed by atoms with E-state index in [-0.39, 0.29) is 12.3 Å². The summed E-state index contributed by atoms with van der Waals surface area (Å²) in [4.78, 5) is 20.2. The van der Waals surface area contributed by atoms with Gasteiger partial charge in [-0.2, -0.15) is 4.98 Å². The van der Waals surface area contributed by atoms with Crippen molar-refractivity contribution in [1.82, 2.24) is 15.3 Å². The van der Waals surface area contributed by atoms with Crippen LogP contribution in [0.15, 0.2) is 22.7 Å². The van der Waals surface area contributed by atoms with Crippen LogP contribution in [0.4, 0.5) is 4.79 Å². The Morgan fingerprint density at radius 3 is 2.77 bits per heavy atom. The summed E-state index contributed by atoms with van der Waals surface area (Å²) in [6, 6.07) is 3.40. The van der Waals surface area contributed by atoms with E-state index < -0.39 is 17.4 Å². The monoisotopic (exact) mass is 307 g/mol. The van der Waals surface area contributed by atoms with E-state index in [0.717, 1.165) is 0 Å². The van der Waals surface area contributed by atoms with E-state index in [2.05, 4.69) is 15.3 Å². The quantitative estimate of drug-likeness (QED) is 0.843. The zero-order chi connectivity index (χ0) is 16.4. The van der Waals surface area contributed by atoms with Gasteiger partial charge in [-0.3, -0.25) is 5.32 Å². The summed E-state index contributed by atoms with van der Waals surface area (Å²) in [6.45, 7) is 7.11. The Balaban J connectivity index is 2.28. The van der Waals surface area contributed by atoms with Gasteiger partial charge in [0.15, 0.2) is 11.2 Å². The number of pyridine rings is 1. The number of aromatic nitrogens is 2. The van der Waals surface area contributed by atoms with Crippen molar-refractivity contribution in [2.45, 2.75) is 51.9 Å². The molecule has 22 heavy (non-hydrogen) atoms. The van der Waals surface area contributed by atoms with Gasteiger partial charge in [0.05, 0.1) is 0 Å². The molecule has 0 radical (unpaired) electrons. The zero-order valence-electron chi connectivity index (χ0n) is 13.2. The second kappa shape index (κ2) is 5.92. The Hall–Kier alpha value is -2.15. The highest BCUT2D eigenvalue weighted by atomic mass is 16.6. The third kappa shape index (κ3) is 3.73. The van der Waals surface area contributed by atoms with Crippen LogP contribution in [-0.4, -0.2) is 26.8 Å². The number of carbonyl (C=O) groups excluding carboxylic acids is 1. The molecule has 1 amide bonds. The standard InChI is InChI=1S/C15H21N3O4/c1-5-8-15(20,18-13(19)22-14(2,3)4)12-17-11-10(21-12)7-6-9-16-11/h6-7,9,20H,5,8H2,1-4H3,(H,18,19). The van der Waals surface area contributed by atoms with E-state index >= 15 is 0 Å². The number of amides is 1. The molecule has 1 unspecified atom stereocenters. The van der Waals surface area contributed by atoms with E-state index in [1.54, 1.807) is 39.1 Å². The number of aliphatic hydroxyl groups is 1. The lowest BCUT2D eigenvalue weighted by Gasteiger charge is -2.27. The van der Waals surface area contributed by atoms with E-state index in [1.807, 2.05) is 6.92 Å². The van der Waals surface area contributed by atoms with Crippen LogP contribution in [0.25, 0.3) is 11.2 Å². The van der Waals surface area contributed by atoms with Gasteiger partial charge < -0.3 is 14.3 Å². The van der Waals surface area contributed by atoms with Crippen molar-refractivity contribution in [3.8, 4) is 0 Å². The number of carbonyl (C=O) groups is 1. The minimum Gasteiger partial charge on any atom is -0.444 e. The van der Waals surface area contributed by atoms with Crippen molar-refractivity contribution in [3.63, 3.8) is 0 Å². The van der Waals surface area contributed by atoms with Gasteiger partial charge in [-0.15, -0.1) is 0 Å². The molecule has 0 bridgehead atoms. The number of ether oxygens (including phenoxy) is 1. The molecule has 0 aliphatic carbocycles. The molecule has 0 aliphatic rings. The molecule has 0 saturated carbocycles. The number of nitrogens with zero attached hydrogens (tertiary/aromatic N) is 2. The van der Waals surface area contributed by atoms with Gasteiger partial charge in [0, 0.05) is 12.6 Å². The largest absolute Gasteiger partial charge is 0.444 e. The molecular weight excluding hydrogens is 286 g/mol. The lowest BCUT2D eigenvalue weighted by atomic mass is 10.1. The molecule has 7 heteroatoms. The first-order valence-electron chi connectivity index (χ1n) is 7.19. The van der Waals surface area contributed by atoms with E-state index in [0.29, 0.717) is 17.7 Å². The average Bonchev–Trinajstić information content (AvgIpc) is 2.80. The molecule has 0 fully saturated rings. The minimum absolute atomic E-state index is 0.00564. The Kier molecular flexibility index (Phi) is 4.37. The molecule has 0 saturated heterocycles. The molecule has 7 nitrogen and oxygen atoms in total. The second-order valence-electron chi connectivity index (χ2n) is 6.08. The first kappa shape index (κ1) is 16.2. The third-order valence-electron chi connectivity index (χ3n) is 2.84. The van der Waals surface area contributed by atoms with Crippen molar-refractivity contribution in [2.24, 2.45) is 0 Å². The van der Waals surface area contributed by atoms with Crippen LogP contribution in [0.1, 0.15) is 46.4 Å². The summed E-state index contributed by atoms with van der Waals surface area (Å²) < 4.78 is 10.7. The van der Waals surface area contributed by atoms with Gasteiger partial charge >= 0.3 is 6.09 Å². The van der Waals surface area contributed by atoms with E-state index in [4.69, 9.17) is 9.15 Å². The van der Waals surface area contributed by atoms with Crippen LogP contribution in [0.5, 0.6) is 0 Å². The van der Waals surface area contributed by atoms with Crippen LogP contribution in [0, 0.1) is 0 Å². The van der Waals surface area contributed by atoms with Crippen molar-refractivity contribution >= 4 is 17.3 Å². The third-order valence-corrected chi connectivity index (χ3v) is 2.84. The Morgan fingerprint density at radius 2 is 2.18 bits per heavy atom. The Morgan fingerprint density at radius 1 is 1.45 bits per heavy atom. The highest BCUT2D eigenvalue weighted by Crippen LogP contribution is 2.26. The van der Waals surface area contributed by atoms with Crippen molar-refractivity contribution in [3.05, 3.63) is 24.2 Å². The summed E-state index contributed by atoms with van der Waals surface area (Å²) in [7, 11) is 0. The summed E-state index contributed by atoms with van der Waals surface area (Å²) >= 11 is 0. The van der Waals surface area contributed by atoms with Crippen molar-refractivity contribution in [1.29, 1.82) is 0 Å². The van der Waals surface area contributed by atoms with Crippen molar-refractivity contribution in [2.75, 3.05) is 0 Å². The number of hydrogen-bond acceptors (Lipinski definition) is 6. The molecule has 1 atom stereocenters. The average molecular weight is 307 g/mol. The first-order chi connectivity index (χ1) is 10.2. The van der Waals surface area contributed by atoms with Gasteiger partial charge in [0.25, 0.3) is 5.89 Å². The number of oxazole rings is 1. The molecule has 0 aliphatic heterocycles. The van der Waals surface area contributed by atoms with Crippen LogP contribution < -0.4 is 5.32 Å². The molecule has 0 spiro atoms. The summed E-state index contributed by atoms with van der Waals surface area (Å²) in [5.74, 6) is -0.00564. The molecule has 0 aromatic carbocycles. The predicted octanol–water partition coefficient (Wildman–Crippen LogP) is 2.69. The molecule has 2 heterocycles. The fourth-order valence-corrected chi connectivity index (χ4v) is 2.00. The number of rotatable bonds is 4. The van der Waals surface area contributed by atoms with Crippen LogP contribution in [-0.2, 0) is 10.5 Å². The number of alkyl carbamates (subject to hydrolysis) is 1. The van der Waals surface area contributed by atoms with Crippen LogP contribution >= 0.6 is 0 Å². The molecule has 2 aromatic heterocycles. The normalized spacial score (nSPS) is 14.6. The first-order valence-corrected chi connectivity index (χ1v) is 7.19. The maximum atomic E-state index is 12.0. The van der Waals surface area contributed by atoms with Gasteiger partial charge in [-0.25, -0.2) is 9.78 Å². The van der Waals surface area contributed by atoms with E-state index in [1.165, 1.54) is 0 Å². The predicted molar refractivity (Wildman–Crippen MR) is 80.0 cm³/mol. The van der Waals surface area contributed by atoms with Gasteiger partial charge in [0.2, 0.25) is 5.72 Å².